The second-order valence-corrected chi connectivity index (χ2v) is 7.87. The smallest absolute Gasteiger partial charge is 0.253 e. The summed E-state index contributed by atoms with van der Waals surface area (Å²) in [4.78, 5) is 14.8. The highest BCUT2D eigenvalue weighted by molar-refractivity contribution is 5.94. The molecule has 1 N–H and O–H groups in total. The van der Waals surface area contributed by atoms with E-state index in [0.29, 0.717) is 5.56 Å². The van der Waals surface area contributed by atoms with Crippen molar-refractivity contribution >= 4 is 5.91 Å². The third-order valence-corrected chi connectivity index (χ3v) is 6.13. The van der Waals surface area contributed by atoms with Gasteiger partial charge in [0, 0.05) is 37.3 Å². The van der Waals surface area contributed by atoms with Crippen LogP contribution in [0, 0.1) is 0 Å². The van der Waals surface area contributed by atoms with Crippen LogP contribution < -0.4 is 14.8 Å². The monoisotopic (exact) mass is 380 g/mol. The highest BCUT2D eigenvalue weighted by Gasteiger charge is 2.40. The number of nitrogens with zero attached hydrogens (tertiary/aromatic N) is 1. The molecule has 1 heterocycles. The van der Waals surface area contributed by atoms with Gasteiger partial charge < -0.3 is 19.7 Å². The summed E-state index contributed by atoms with van der Waals surface area (Å²) < 4.78 is 11.7. The number of methoxy groups -OCH3 is 1. The first-order valence-corrected chi connectivity index (χ1v) is 9.99. The predicted octanol–water partition coefficient (Wildman–Crippen LogP) is 3.63. The van der Waals surface area contributed by atoms with Crippen LogP contribution in [0.5, 0.6) is 11.5 Å². The zero-order valence-electron chi connectivity index (χ0n) is 16.6. The van der Waals surface area contributed by atoms with Crippen LogP contribution in [0.4, 0.5) is 0 Å². The van der Waals surface area contributed by atoms with Gasteiger partial charge in [0.15, 0.2) is 0 Å². The highest BCUT2D eigenvalue weighted by atomic mass is 16.5. The van der Waals surface area contributed by atoms with Crippen LogP contribution in [0.2, 0.25) is 0 Å². The fourth-order valence-electron chi connectivity index (χ4n) is 4.34. The number of ether oxygens (including phenoxy) is 2. The molecule has 2 aliphatic rings. The van der Waals surface area contributed by atoms with E-state index < -0.39 is 0 Å². The van der Waals surface area contributed by atoms with Gasteiger partial charge in [-0.1, -0.05) is 18.2 Å². The van der Waals surface area contributed by atoms with Crippen LogP contribution in [0.25, 0.3) is 0 Å². The average molecular weight is 380 g/mol. The Bertz CT molecular complexity index is 826. The molecule has 0 unspecified atom stereocenters. The van der Waals surface area contributed by atoms with Crippen molar-refractivity contribution in [1.82, 2.24) is 10.2 Å². The lowest BCUT2D eigenvalue weighted by molar-refractivity contribution is 0.0102. The summed E-state index contributed by atoms with van der Waals surface area (Å²) in [6.45, 7) is 1.70. The SMILES string of the molecule is COc1ccc(C(=O)N(C)C2CCC3(CC2)CNCc2ccccc2O3)cc1. The first kappa shape index (κ1) is 18.8. The molecule has 1 spiro atoms. The lowest BCUT2D eigenvalue weighted by Gasteiger charge is -2.42. The predicted molar refractivity (Wildman–Crippen MR) is 109 cm³/mol. The topological polar surface area (TPSA) is 50.8 Å². The van der Waals surface area contributed by atoms with Gasteiger partial charge in [-0.25, -0.2) is 0 Å². The van der Waals surface area contributed by atoms with Crippen LogP contribution in [-0.2, 0) is 6.54 Å². The molecule has 5 heteroatoms. The molecule has 0 bridgehead atoms. The van der Waals surface area contributed by atoms with E-state index in [2.05, 4.69) is 23.5 Å². The van der Waals surface area contributed by atoms with Crippen LogP contribution in [-0.4, -0.2) is 43.2 Å². The van der Waals surface area contributed by atoms with Crippen LogP contribution in [0.1, 0.15) is 41.6 Å². The molecule has 0 radical (unpaired) electrons. The number of carbonyl (C=O) groups is 1. The second kappa shape index (κ2) is 7.84. The first-order valence-electron chi connectivity index (χ1n) is 9.99. The van der Waals surface area contributed by atoms with Crippen molar-refractivity contribution in [1.29, 1.82) is 0 Å². The minimum Gasteiger partial charge on any atom is -0.497 e. The quantitative estimate of drug-likeness (QED) is 0.883. The van der Waals surface area contributed by atoms with Gasteiger partial charge in [-0.2, -0.15) is 0 Å². The molecule has 1 amide bonds. The molecule has 2 aromatic carbocycles. The summed E-state index contributed by atoms with van der Waals surface area (Å²) in [6.07, 6.45) is 3.78. The maximum absolute atomic E-state index is 12.9. The Hall–Kier alpha value is -2.53. The van der Waals surface area contributed by atoms with E-state index in [1.807, 2.05) is 42.3 Å². The minimum atomic E-state index is -0.174. The van der Waals surface area contributed by atoms with Crippen molar-refractivity contribution in [2.24, 2.45) is 0 Å². The lowest BCUT2D eigenvalue weighted by Crippen LogP contribution is -2.51. The third kappa shape index (κ3) is 3.72. The fraction of sp³-hybridized carbons (Fsp3) is 0.435. The standard InChI is InChI=1S/C23H28N2O3/c1-25(22(26)17-7-9-20(27-2)10-8-17)19-11-13-23(14-12-19)16-24-15-18-5-3-4-6-21(18)28-23/h3-10,19,24H,11-16H2,1-2H3. The van der Waals surface area contributed by atoms with Crippen LogP contribution >= 0.6 is 0 Å². The number of fused-ring (bicyclic) bond motifs is 1. The molecule has 0 aromatic heterocycles. The first-order chi connectivity index (χ1) is 13.6. The summed E-state index contributed by atoms with van der Waals surface area (Å²) in [7, 11) is 3.54. The Morgan fingerprint density at radius 3 is 2.57 bits per heavy atom. The molecule has 28 heavy (non-hydrogen) atoms. The summed E-state index contributed by atoms with van der Waals surface area (Å²) in [6, 6.07) is 15.8. The number of nitrogens with one attached hydrogen (secondary N) is 1. The number of carbonyl (C=O) groups excluding carboxylic acids is 1. The maximum Gasteiger partial charge on any atom is 0.253 e. The van der Waals surface area contributed by atoms with Gasteiger partial charge in [0.25, 0.3) is 5.91 Å². The molecule has 4 rings (SSSR count). The van der Waals surface area contributed by atoms with Crippen LogP contribution in [0.3, 0.4) is 0 Å². The van der Waals surface area contributed by atoms with Gasteiger partial charge in [-0.15, -0.1) is 0 Å². The summed E-state index contributed by atoms with van der Waals surface area (Å²) in [5, 5.41) is 3.55. The van der Waals surface area contributed by atoms with E-state index in [1.165, 1.54) is 5.56 Å². The number of amides is 1. The van der Waals surface area contributed by atoms with Gasteiger partial charge in [0.2, 0.25) is 0 Å². The largest absolute Gasteiger partial charge is 0.497 e. The number of rotatable bonds is 3. The Balaban J connectivity index is 1.41. The minimum absolute atomic E-state index is 0.0638. The Morgan fingerprint density at radius 1 is 1.14 bits per heavy atom. The van der Waals surface area contributed by atoms with E-state index >= 15 is 0 Å². The lowest BCUT2D eigenvalue weighted by atomic mass is 9.81. The van der Waals surface area contributed by atoms with Crippen molar-refractivity contribution in [3.63, 3.8) is 0 Å². The number of benzene rings is 2. The van der Waals surface area contributed by atoms with Gasteiger partial charge in [0.05, 0.1) is 7.11 Å². The van der Waals surface area contributed by atoms with Crippen molar-refractivity contribution in [2.75, 3.05) is 20.7 Å². The Morgan fingerprint density at radius 2 is 1.86 bits per heavy atom. The Kier molecular flexibility index (Phi) is 5.27. The molecule has 0 saturated heterocycles. The van der Waals surface area contributed by atoms with Gasteiger partial charge in [-0.3, -0.25) is 4.79 Å². The molecule has 2 aromatic rings. The molecular weight excluding hydrogens is 352 g/mol. The van der Waals surface area contributed by atoms with E-state index in [9.17, 15) is 4.79 Å². The van der Waals surface area contributed by atoms with Crippen LogP contribution in [0.15, 0.2) is 48.5 Å². The number of hydrogen-bond donors (Lipinski definition) is 1. The van der Waals surface area contributed by atoms with Gasteiger partial charge in [0.1, 0.15) is 17.1 Å². The zero-order valence-corrected chi connectivity index (χ0v) is 16.6. The molecule has 148 valence electrons. The van der Waals surface area contributed by atoms with Gasteiger partial charge >= 0.3 is 0 Å². The van der Waals surface area contributed by atoms with Crippen molar-refractivity contribution in [3.8, 4) is 11.5 Å². The van der Waals surface area contributed by atoms with E-state index in [1.54, 1.807) is 7.11 Å². The molecule has 1 saturated carbocycles. The van der Waals surface area contributed by atoms with Gasteiger partial charge in [-0.05, 0) is 56.0 Å². The van der Waals surface area contributed by atoms with Crippen molar-refractivity contribution in [2.45, 2.75) is 43.9 Å². The normalized spacial score (nSPS) is 24.0. The summed E-state index contributed by atoms with van der Waals surface area (Å²) in [5.41, 5.74) is 1.74. The fourth-order valence-corrected chi connectivity index (χ4v) is 4.34. The van der Waals surface area contributed by atoms with E-state index in [0.717, 1.165) is 50.3 Å². The molecule has 1 aliphatic carbocycles. The van der Waals surface area contributed by atoms with Crippen molar-refractivity contribution < 1.29 is 14.3 Å². The highest BCUT2D eigenvalue weighted by Crippen LogP contribution is 2.37. The summed E-state index contributed by atoms with van der Waals surface area (Å²) in [5.74, 6) is 1.82. The van der Waals surface area contributed by atoms with Crippen molar-refractivity contribution in [3.05, 3.63) is 59.7 Å². The average Bonchev–Trinajstić information content (AvgIpc) is 2.92. The Labute approximate surface area is 166 Å². The molecule has 1 fully saturated rings. The third-order valence-electron chi connectivity index (χ3n) is 6.13. The van der Waals surface area contributed by atoms with E-state index in [4.69, 9.17) is 9.47 Å². The zero-order chi connectivity index (χ0) is 19.6. The summed E-state index contributed by atoms with van der Waals surface area (Å²) >= 11 is 0. The molecule has 0 atom stereocenters. The number of para-hydroxylation sites is 1. The molecule has 1 aliphatic heterocycles. The maximum atomic E-state index is 12.9. The number of hydrogen-bond acceptors (Lipinski definition) is 4. The van der Waals surface area contributed by atoms with E-state index in [-0.39, 0.29) is 17.6 Å². The molecular formula is C23H28N2O3. The molecule has 5 nitrogen and oxygen atoms in total. The second-order valence-electron chi connectivity index (χ2n) is 7.87.